The molecule has 0 atom stereocenters. The average Bonchev–Trinajstić information content (AvgIpc) is 3.08. The Labute approximate surface area is 168 Å². The van der Waals surface area contributed by atoms with Crippen molar-refractivity contribution in [1.29, 1.82) is 0 Å². The molecule has 1 aromatic heterocycles. The van der Waals surface area contributed by atoms with Gasteiger partial charge in [-0.05, 0) is 30.3 Å². The molecule has 0 saturated heterocycles. The summed E-state index contributed by atoms with van der Waals surface area (Å²) in [6, 6.07) is 16.4. The molecule has 0 unspecified atom stereocenters. The lowest BCUT2D eigenvalue weighted by molar-refractivity contribution is -0.115. The van der Waals surface area contributed by atoms with E-state index < -0.39 is 10.0 Å². The molecule has 3 aromatic rings. The fourth-order valence-corrected chi connectivity index (χ4v) is 4.03. The lowest BCUT2D eigenvalue weighted by Crippen LogP contribution is -2.22. The zero-order valence-electron chi connectivity index (χ0n) is 15.4. The maximum absolute atomic E-state index is 12.1. The standard InChI is InChI=1S/C19H20N4O3S2/c1-14(24)23(18-9-4-3-5-10-18)19-21-17(13-27-19)12-20-15-7-6-8-16(11-15)22-28(2,25)26/h3-11,13,20,22H,12H2,1-2H3. The van der Waals surface area contributed by atoms with E-state index in [1.807, 2.05) is 41.8 Å². The Hall–Kier alpha value is -2.91. The third-order valence-electron chi connectivity index (χ3n) is 3.70. The number of thiazole rings is 1. The topological polar surface area (TPSA) is 91.4 Å². The SMILES string of the molecule is CC(=O)N(c1ccccc1)c1nc(CNc2cccc(NS(C)(=O)=O)c2)cs1. The molecule has 2 aromatic carbocycles. The van der Waals surface area contributed by atoms with Gasteiger partial charge in [0.15, 0.2) is 5.13 Å². The first kappa shape index (κ1) is 19.8. The van der Waals surface area contributed by atoms with E-state index in [4.69, 9.17) is 0 Å². The number of aromatic nitrogens is 1. The fraction of sp³-hybridized carbons (Fsp3) is 0.158. The number of hydrogen-bond donors (Lipinski definition) is 2. The van der Waals surface area contributed by atoms with Crippen LogP contribution in [0.5, 0.6) is 0 Å². The van der Waals surface area contributed by atoms with Crippen molar-refractivity contribution in [2.75, 3.05) is 21.2 Å². The summed E-state index contributed by atoms with van der Waals surface area (Å²) in [5.41, 5.74) is 2.79. The zero-order valence-corrected chi connectivity index (χ0v) is 17.0. The van der Waals surface area contributed by atoms with Crippen molar-refractivity contribution in [3.63, 3.8) is 0 Å². The van der Waals surface area contributed by atoms with Crippen LogP contribution in [0.4, 0.5) is 22.2 Å². The van der Waals surface area contributed by atoms with E-state index >= 15 is 0 Å². The van der Waals surface area contributed by atoms with Crippen LogP contribution in [-0.4, -0.2) is 25.6 Å². The minimum absolute atomic E-state index is 0.111. The number of amides is 1. The van der Waals surface area contributed by atoms with Crippen molar-refractivity contribution < 1.29 is 13.2 Å². The Morgan fingerprint density at radius 2 is 1.82 bits per heavy atom. The van der Waals surface area contributed by atoms with E-state index in [1.165, 1.54) is 18.3 Å². The molecule has 0 spiro atoms. The van der Waals surface area contributed by atoms with Crippen molar-refractivity contribution in [2.45, 2.75) is 13.5 Å². The third-order valence-corrected chi connectivity index (χ3v) is 5.18. The zero-order chi connectivity index (χ0) is 20.1. The van der Waals surface area contributed by atoms with Gasteiger partial charge in [0.25, 0.3) is 0 Å². The Morgan fingerprint density at radius 3 is 2.50 bits per heavy atom. The molecule has 0 fully saturated rings. The molecule has 0 bridgehead atoms. The number of carbonyl (C=O) groups excluding carboxylic acids is 1. The van der Waals surface area contributed by atoms with Gasteiger partial charge >= 0.3 is 0 Å². The first-order chi connectivity index (χ1) is 13.3. The van der Waals surface area contributed by atoms with Crippen molar-refractivity contribution in [1.82, 2.24) is 4.98 Å². The number of benzene rings is 2. The molecule has 1 heterocycles. The summed E-state index contributed by atoms with van der Waals surface area (Å²) in [6.45, 7) is 1.95. The summed E-state index contributed by atoms with van der Waals surface area (Å²) >= 11 is 1.39. The van der Waals surface area contributed by atoms with Gasteiger partial charge in [-0.1, -0.05) is 24.3 Å². The second kappa shape index (κ2) is 8.41. The average molecular weight is 417 g/mol. The van der Waals surface area contributed by atoms with Crippen LogP contribution in [0.25, 0.3) is 0 Å². The predicted molar refractivity (Wildman–Crippen MR) is 114 cm³/mol. The molecule has 146 valence electrons. The Balaban J connectivity index is 1.71. The fourth-order valence-electron chi connectivity index (χ4n) is 2.58. The third kappa shape index (κ3) is 5.30. The van der Waals surface area contributed by atoms with Gasteiger partial charge < -0.3 is 5.32 Å². The van der Waals surface area contributed by atoms with Crippen molar-refractivity contribution >= 4 is 49.5 Å². The Morgan fingerprint density at radius 1 is 1.11 bits per heavy atom. The minimum Gasteiger partial charge on any atom is -0.379 e. The van der Waals surface area contributed by atoms with Gasteiger partial charge in [-0.3, -0.25) is 14.4 Å². The molecule has 1 amide bonds. The second-order valence-corrected chi connectivity index (χ2v) is 8.70. The number of nitrogens with one attached hydrogen (secondary N) is 2. The molecule has 28 heavy (non-hydrogen) atoms. The minimum atomic E-state index is -3.33. The molecule has 0 aliphatic rings. The maximum atomic E-state index is 12.1. The molecule has 2 N–H and O–H groups in total. The molecule has 0 aliphatic heterocycles. The summed E-state index contributed by atoms with van der Waals surface area (Å²) < 4.78 is 25.2. The summed E-state index contributed by atoms with van der Waals surface area (Å²) in [5.74, 6) is -0.111. The van der Waals surface area contributed by atoms with Crippen molar-refractivity contribution in [2.24, 2.45) is 0 Å². The largest absolute Gasteiger partial charge is 0.379 e. The van der Waals surface area contributed by atoms with E-state index in [9.17, 15) is 13.2 Å². The number of anilines is 4. The van der Waals surface area contributed by atoms with Crippen LogP contribution in [0.15, 0.2) is 60.0 Å². The van der Waals surface area contributed by atoms with E-state index in [2.05, 4.69) is 15.0 Å². The molecular formula is C19H20N4O3S2. The molecule has 3 rings (SSSR count). The number of sulfonamides is 1. The first-order valence-electron chi connectivity index (χ1n) is 8.44. The van der Waals surface area contributed by atoms with Gasteiger partial charge in [-0.2, -0.15) is 0 Å². The highest BCUT2D eigenvalue weighted by Gasteiger charge is 2.17. The van der Waals surface area contributed by atoms with Gasteiger partial charge in [0.2, 0.25) is 15.9 Å². The molecule has 7 nitrogen and oxygen atoms in total. The molecule has 0 aliphatic carbocycles. The summed E-state index contributed by atoms with van der Waals surface area (Å²) in [6.07, 6.45) is 1.11. The smallest absolute Gasteiger partial charge is 0.230 e. The number of nitrogens with zero attached hydrogens (tertiary/aromatic N) is 2. The normalized spacial score (nSPS) is 11.1. The quantitative estimate of drug-likeness (QED) is 0.611. The van der Waals surface area contributed by atoms with Crippen LogP contribution in [0.2, 0.25) is 0 Å². The molecule has 9 heteroatoms. The highest BCUT2D eigenvalue weighted by atomic mass is 32.2. The van der Waals surface area contributed by atoms with E-state index in [0.29, 0.717) is 17.4 Å². The Bertz CT molecular complexity index is 1070. The van der Waals surface area contributed by atoms with Gasteiger partial charge in [0, 0.05) is 18.0 Å². The van der Waals surface area contributed by atoms with Crippen LogP contribution >= 0.6 is 11.3 Å². The first-order valence-corrected chi connectivity index (χ1v) is 11.2. The monoisotopic (exact) mass is 416 g/mol. The number of para-hydroxylation sites is 1. The van der Waals surface area contributed by atoms with E-state index in [0.717, 1.165) is 23.3 Å². The van der Waals surface area contributed by atoms with Crippen molar-refractivity contribution in [3.05, 3.63) is 65.7 Å². The highest BCUT2D eigenvalue weighted by molar-refractivity contribution is 7.92. The Kier molecular flexibility index (Phi) is 5.96. The summed E-state index contributed by atoms with van der Waals surface area (Å²) in [5, 5.41) is 5.70. The van der Waals surface area contributed by atoms with Gasteiger partial charge in [0.1, 0.15) is 0 Å². The van der Waals surface area contributed by atoms with Crippen LogP contribution in [0.1, 0.15) is 12.6 Å². The van der Waals surface area contributed by atoms with Crippen LogP contribution < -0.4 is 14.9 Å². The van der Waals surface area contributed by atoms with Gasteiger partial charge in [-0.15, -0.1) is 11.3 Å². The van der Waals surface area contributed by atoms with Crippen LogP contribution in [0.3, 0.4) is 0 Å². The number of rotatable bonds is 7. The molecule has 0 radical (unpaired) electrons. The predicted octanol–water partition coefficient (Wildman–Crippen LogP) is 3.81. The number of hydrogen-bond acceptors (Lipinski definition) is 6. The lowest BCUT2D eigenvalue weighted by Gasteiger charge is -2.17. The van der Waals surface area contributed by atoms with Crippen LogP contribution in [0, 0.1) is 0 Å². The lowest BCUT2D eigenvalue weighted by atomic mass is 10.3. The molecular weight excluding hydrogens is 396 g/mol. The van der Waals surface area contributed by atoms with E-state index in [1.54, 1.807) is 23.1 Å². The molecule has 0 saturated carbocycles. The number of carbonyl (C=O) groups is 1. The maximum Gasteiger partial charge on any atom is 0.230 e. The highest BCUT2D eigenvalue weighted by Crippen LogP contribution is 2.29. The second-order valence-electron chi connectivity index (χ2n) is 6.12. The van der Waals surface area contributed by atoms with Crippen LogP contribution in [-0.2, 0) is 21.4 Å². The summed E-state index contributed by atoms with van der Waals surface area (Å²) in [7, 11) is -3.33. The van der Waals surface area contributed by atoms with Crippen molar-refractivity contribution in [3.8, 4) is 0 Å². The van der Waals surface area contributed by atoms with E-state index in [-0.39, 0.29) is 5.91 Å². The van der Waals surface area contributed by atoms with Gasteiger partial charge in [-0.25, -0.2) is 13.4 Å². The van der Waals surface area contributed by atoms with Gasteiger partial charge in [0.05, 0.1) is 29.9 Å². The summed E-state index contributed by atoms with van der Waals surface area (Å²) in [4.78, 5) is 18.2.